The number of carbonyl (C=O) groups excluding carboxylic acids is 1. The molecule has 1 heterocycles. The Hall–Kier alpha value is -3.61. The smallest absolute Gasteiger partial charge is 0.251 e. The third-order valence-electron chi connectivity index (χ3n) is 5.39. The van der Waals surface area contributed by atoms with Gasteiger partial charge >= 0.3 is 0 Å². The highest BCUT2D eigenvalue weighted by Gasteiger charge is 2.09. The van der Waals surface area contributed by atoms with Crippen molar-refractivity contribution in [3.8, 4) is 5.69 Å². The molecule has 0 spiro atoms. The highest BCUT2D eigenvalue weighted by molar-refractivity contribution is 5.94. The maximum atomic E-state index is 12.2. The van der Waals surface area contributed by atoms with Gasteiger partial charge in [0.15, 0.2) is 5.96 Å². The molecule has 0 fully saturated rings. The highest BCUT2D eigenvalue weighted by Crippen LogP contribution is 2.17. The maximum absolute atomic E-state index is 12.2. The first-order valence-electron chi connectivity index (χ1n) is 11.4. The Morgan fingerprint density at radius 1 is 1.00 bits per heavy atom. The van der Waals surface area contributed by atoms with Crippen LogP contribution in [0, 0.1) is 13.8 Å². The number of nitrogens with zero attached hydrogens (tertiary/aromatic N) is 3. The molecule has 0 atom stereocenters. The molecule has 3 aromatic rings. The van der Waals surface area contributed by atoms with E-state index in [1.807, 2.05) is 48.0 Å². The number of hydrogen-bond donors (Lipinski definition) is 3. The van der Waals surface area contributed by atoms with Gasteiger partial charge in [0.05, 0.1) is 11.4 Å². The number of aliphatic imine (C=N–C) groups is 1. The van der Waals surface area contributed by atoms with Crippen molar-refractivity contribution in [2.75, 3.05) is 13.6 Å². The Labute approximate surface area is 196 Å². The number of aryl methyl sites for hydroxylation is 2. The number of guanidine groups is 1. The molecule has 3 rings (SSSR count). The standard InChI is InChI=1S/C26H34N6O/c1-5-6-15-28-25(33)22-13-11-21(12-14-22)17-29-26(27-4)30-18-23-9-7-8-10-24(23)32-20(3)16-19(2)31-32/h7-14,16H,5-6,15,17-18H2,1-4H3,(H,28,33)(H2,27,29,30). The minimum atomic E-state index is -0.0262. The molecule has 1 aromatic heterocycles. The van der Waals surface area contributed by atoms with Crippen LogP contribution in [0.1, 0.15) is 52.6 Å². The average Bonchev–Trinajstić information content (AvgIpc) is 3.17. The van der Waals surface area contributed by atoms with Crippen molar-refractivity contribution in [3.05, 3.63) is 82.7 Å². The number of nitrogens with one attached hydrogen (secondary N) is 3. The Morgan fingerprint density at radius 3 is 2.39 bits per heavy atom. The van der Waals surface area contributed by atoms with Crippen LogP contribution >= 0.6 is 0 Å². The molecule has 0 saturated carbocycles. The van der Waals surface area contributed by atoms with Crippen molar-refractivity contribution in [2.24, 2.45) is 4.99 Å². The summed E-state index contributed by atoms with van der Waals surface area (Å²) in [5.74, 6) is 0.682. The molecule has 0 radical (unpaired) electrons. The molecule has 0 aliphatic carbocycles. The van der Waals surface area contributed by atoms with Crippen LogP contribution in [-0.2, 0) is 13.1 Å². The van der Waals surface area contributed by atoms with Gasteiger partial charge in [0, 0.05) is 37.9 Å². The van der Waals surface area contributed by atoms with Crippen LogP contribution in [0.4, 0.5) is 0 Å². The monoisotopic (exact) mass is 446 g/mol. The van der Waals surface area contributed by atoms with Crippen LogP contribution in [-0.4, -0.2) is 35.2 Å². The van der Waals surface area contributed by atoms with Gasteiger partial charge in [-0.05, 0) is 55.7 Å². The number of aromatic nitrogens is 2. The van der Waals surface area contributed by atoms with Gasteiger partial charge < -0.3 is 16.0 Å². The van der Waals surface area contributed by atoms with E-state index >= 15 is 0 Å². The SMILES string of the molecule is CCCCNC(=O)c1ccc(CNC(=NC)NCc2ccccc2-n2nc(C)cc2C)cc1. The van der Waals surface area contributed by atoms with E-state index in [0.29, 0.717) is 31.2 Å². The van der Waals surface area contributed by atoms with Crippen molar-refractivity contribution < 1.29 is 4.79 Å². The van der Waals surface area contributed by atoms with E-state index in [0.717, 1.165) is 41.0 Å². The zero-order valence-corrected chi connectivity index (χ0v) is 20.0. The quantitative estimate of drug-likeness (QED) is 0.265. The second-order valence-corrected chi connectivity index (χ2v) is 8.05. The Morgan fingerprint density at radius 2 is 1.73 bits per heavy atom. The van der Waals surface area contributed by atoms with E-state index in [9.17, 15) is 4.79 Å². The number of para-hydroxylation sites is 1. The zero-order chi connectivity index (χ0) is 23.6. The van der Waals surface area contributed by atoms with E-state index in [1.165, 1.54) is 0 Å². The van der Waals surface area contributed by atoms with Crippen LogP contribution in [0.5, 0.6) is 0 Å². The fraction of sp³-hybridized carbons (Fsp3) is 0.346. The lowest BCUT2D eigenvalue weighted by molar-refractivity contribution is 0.0953. The van der Waals surface area contributed by atoms with Crippen LogP contribution in [0.3, 0.4) is 0 Å². The van der Waals surface area contributed by atoms with Crippen LogP contribution in [0.2, 0.25) is 0 Å². The molecular weight excluding hydrogens is 412 g/mol. The molecule has 0 unspecified atom stereocenters. The highest BCUT2D eigenvalue weighted by atomic mass is 16.1. The van der Waals surface area contributed by atoms with E-state index in [2.05, 4.69) is 58.1 Å². The van der Waals surface area contributed by atoms with Gasteiger partial charge in [-0.25, -0.2) is 4.68 Å². The zero-order valence-electron chi connectivity index (χ0n) is 20.0. The van der Waals surface area contributed by atoms with E-state index < -0.39 is 0 Å². The van der Waals surface area contributed by atoms with E-state index in [1.54, 1.807) is 7.05 Å². The van der Waals surface area contributed by atoms with Crippen LogP contribution in [0.15, 0.2) is 59.6 Å². The fourth-order valence-electron chi connectivity index (χ4n) is 3.58. The Bertz CT molecular complexity index is 1080. The van der Waals surface area contributed by atoms with Gasteiger partial charge in [-0.2, -0.15) is 5.10 Å². The third kappa shape index (κ3) is 6.68. The van der Waals surface area contributed by atoms with Gasteiger partial charge in [-0.15, -0.1) is 0 Å². The van der Waals surface area contributed by atoms with Crippen molar-refractivity contribution in [1.29, 1.82) is 0 Å². The van der Waals surface area contributed by atoms with Gasteiger partial charge in [-0.1, -0.05) is 43.7 Å². The number of benzene rings is 2. The average molecular weight is 447 g/mol. The molecule has 1 amide bonds. The van der Waals surface area contributed by atoms with Gasteiger partial charge in [0.1, 0.15) is 0 Å². The number of rotatable bonds is 9. The maximum Gasteiger partial charge on any atom is 0.251 e. The lowest BCUT2D eigenvalue weighted by Crippen LogP contribution is -2.36. The Balaban J connectivity index is 1.56. The van der Waals surface area contributed by atoms with E-state index in [4.69, 9.17) is 0 Å². The minimum Gasteiger partial charge on any atom is -0.352 e. The first-order chi connectivity index (χ1) is 16.0. The van der Waals surface area contributed by atoms with Crippen molar-refractivity contribution in [3.63, 3.8) is 0 Å². The second-order valence-electron chi connectivity index (χ2n) is 8.05. The molecule has 0 bridgehead atoms. The van der Waals surface area contributed by atoms with Crippen molar-refractivity contribution in [2.45, 2.75) is 46.7 Å². The summed E-state index contributed by atoms with van der Waals surface area (Å²) in [5, 5.41) is 14.3. The van der Waals surface area contributed by atoms with Crippen LogP contribution in [0.25, 0.3) is 5.69 Å². The summed E-state index contributed by atoms with van der Waals surface area (Å²) >= 11 is 0. The summed E-state index contributed by atoms with van der Waals surface area (Å²) in [6, 6.07) is 17.9. The molecular formula is C26H34N6O. The molecule has 2 aromatic carbocycles. The normalized spacial score (nSPS) is 11.3. The number of amides is 1. The molecule has 0 aliphatic rings. The molecule has 33 heavy (non-hydrogen) atoms. The lowest BCUT2D eigenvalue weighted by atomic mass is 10.1. The molecule has 0 saturated heterocycles. The summed E-state index contributed by atoms with van der Waals surface area (Å²) in [6.07, 6.45) is 2.06. The number of hydrogen-bond acceptors (Lipinski definition) is 3. The number of carbonyl (C=O) groups is 1. The summed E-state index contributed by atoms with van der Waals surface area (Å²) in [6.45, 7) is 8.11. The molecule has 7 heteroatoms. The second kappa shape index (κ2) is 11.9. The predicted octanol–water partition coefficient (Wildman–Crippen LogP) is 3.88. The fourth-order valence-corrected chi connectivity index (χ4v) is 3.58. The summed E-state index contributed by atoms with van der Waals surface area (Å²) in [5.41, 5.74) is 6.04. The van der Waals surface area contributed by atoms with Gasteiger partial charge in [-0.3, -0.25) is 9.79 Å². The summed E-state index contributed by atoms with van der Waals surface area (Å²) < 4.78 is 1.97. The Kier molecular flexibility index (Phi) is 8.63. The topological polar surface area (TPSA) is 83.3 Å². The first kappa shape index (κ1) is 24.0. The molecule has 3 N–H and O–H groups in total. The molecule has 0 aliphatic heterocycles. The number of unbranched alkanes of at least 4 members (excludes halogenated alkanes) is 1. The summed E-state index contributed by atoms with van der Waals surface area (Å²) in [7, 11) is 1.76. The van der Waals surface area contributed by atoms with E-state index in [-0.39, 0.29) is 5.91 Å². The predicted molar refractivity (Wildman–Crippen MR) is 134 cm³/mol. The van der Waals surface area contributed by atoms with Crippen molar-refractivity contribution in [1.82, 2.24) is 25.7 Å². The largest absolute Gasteiger partial charge is 0.352 e. The molecule has 174 valence electrons. The minimum absolute atomic E-state index is 0.0262. The van der Waals surface area contributed by atoms with Crippen LogP contribution < -0.4 is 16.0 Å². The summed E-state index contributed by atoms with van der Waals surface area (Å²) in [4.78, 5) is 16.5. The lowest BCUT2D eigenvalue weighted by Gasteiger charge is -2.15. The first-order valence-corrected chi connectivity index (χ1v) is 11.4. The third-order valence-corrected chi connectivity index (χ3v) is 5.39. The molecule has 7 nitrogen and oxygen atoms in total. The van der Waals surface area contributed by atoms with Gasteiger partial charge in [0.25, 0.3) is 5.91 Å². The van der Waals surface area contributed by atoms with Gasteiger partial charge in [0.2, 0.25) is 0 Å². The van der Waals surface area contributed by atoms with Crippen molar-refractivity contribution >= 4 is 11.9 Å².